The third-order valence-corrected chi connectivity index (χ3v) is 5.19. The van der Waals surface area contributed by atoms with Crippen LogP contribution in [0.15, 0.2) is 83.8 Å². The monoisotopic (exact) mass is 389 g/mol. The molecule has 140 valence electrons. The van der Waals surface area contributed by atoms with Gasteiger partial charge in [0.05, 0.1) is 11.8 Å². The van der Waals surface area contributed by atoms with Gasteiger partial charge in [-0.05, 0) is 63.8 Å². The Hall–Kier alpha value is -3.22. The lowest BCUT2D eigenvalue weighted by molar-refractivity contribution is 0.0916. The van der Waals surface area contributed by atoms with Crippen LogP contribution in [0.2, 0.25) is 0 Å². The molecule has 2 heterocycles. The number of thiophene rings is 1. The van der Waals surface area contributed by atoms with Gasteiger partial charge in [0.1, 0.15) is 0 Å². The Morgan fingerprint density at radius 1 is 1.07 bits per heavy atom. The second kappa shape index (κ2) is 8.21. The molecule has 0 saturated carbocycles. The molecule has 4 aromatic rings. The largest absolute Gasteiger partial charge is 0.387 e. The number of carbonyl (C=O) groups is 1. The minimum atomic E-state index is -0.777. The number of nitrogens with one attached hydrogen (secondary N) is 1. The summed E-state index contributed by atoms with van der Waals surface area (Å²) in [5.41, 5.74) is 4.45. The predicted octanol–water partition coefficient (Wildman–Crippen LogP) is 4.06. The van der Waals surface area contributed by atoms with Crippen LogP contribution in [0.1, 0.15) is 22.0 Å². The first-order valence-electron chi connectivity index (χ1n) is 8.89. The SMILES string of the molecule is O=C(NCC(O)c1ccc(-n2cccn2)cc1)c1ccc(-c2ccsc2)cc1. The van der Waals surface area contributed by atoms with Crippen molar-refractivity contribution in [2.75, 3.05) is 6.54 Å². The van der Waals surface area contributed by atoms with E-state index in [1.165, 1.54) is 0 Å². The van der Waals surface area contributed by atoms with Crippen LogP contribution in [-0.4, -0.2) is 27.3 Å². The van der Waals surface area contributed by atoms with E-state index in [1.54, 1.807) is 34.3 Å². The molecule has 2 aromatic heterocycles. The predicted molar refractivity (Wildman–Crippen MR) is 111 cm³/mol. The number of hydrogen-bond acceptors (Lipinski definition) is 4. The molecular formula is C22H19N3O2S. The van der Waals surface area contributed by atoms with Crippen molar-refractivity contribution >= 4 is 17.2 Å². The van der Waals surface area contributed by atoms with Gasteiger partial charge in [0.2, 0.25) is 0 Å². The first kappa shape index (κ1) is 18.2. The highest BCUT2D eigenvalue weighted by Crippen LogP contribution is 2.22. The van der Waals surface area contributed by atoms with Gasteiger partial charge in [-0.2, -0.15) is 16.4 Å². The zero-order valence-corrected chi connectivity index (χ0v) is 15.8. The highest BCUT2D eigenvalue weighted by atomic mass is 32.1. The molecule has 28 heavy (non-hydrogen) atoms. The van der Waals surface area contributed by atoms with E-state index in [0.717, 1.165) is 22.4 Å². The average molecular weight is 389 g/mol. The fraction of sp³-hybridized carbons (Fsp3) is 0.0909. The number of aliphatic hydroxyl groups is 1. The first-order valence-corrected chi connectivity index (χ1v) is 9.84. The summed E-state index contributed by atoms with van der Waals surface area (Å²) in [5.74, 6) is -0.205. The molecule has 1 amide bonds. The van der Waals surface area contributed by atoms with Crippen molar-refractivity contribution in [1.82, 2.24) is 15.1 Å². The lowest BCUT2D eigenvalue weighted by Crippen LogP contribution is -2.28. The standard InChI is InChI=1S/C22H19N3O2S/c26-21(17-6-8-20(9-7-17)25-12-1-11-24-25)14-23-22(27)18-4-2-16(3-5-18)19-10-13-28-15-19/h1-13,15,21,26H,14H2,(H,23,27). The van der Waals surface area contributed by atoms with Gasteiger partial charge in [0, 0.05) is 24.5 Å². The van der Waals surface area contributed by atoms with Gasteiger partial charge in [0.15, 0.2) is 0 Å². The summed E-state index contributed by atoms with van der Waals surface area (Å²) in [6, 6.07) is 18.8. The molecule has 0 aliphatic rings. The van der Waals surface area contributed by atoms with Crippen molar-refractivity contribution in [2.45, 2.75) is 6.10 Å². The Kier molecular flexibility index (Phi) is 5.32. The van der Waals surface area contributed by atoms with Crippen LogP contribution < -0.4 is 5.32 Å². The summed E-state index contributed by atoms with van der Waals surface area (Å²) in [5, 5.41) is 21.4. The number of benzene rings is 2. The van der Waals surface area contributed by atoms with Gasteiger partial charge in [0.25, 0.3) is 5.91 Å². The molecule has 0 bridgehead atoms. The summed E-state index contributed by atoms with van der Waals surface area (Å²) < 4.78 is 1.75. The highest BCUT2D eigenvalue weighted by molar-refractivity contribution is 7.08. The number of hydrogen-bond donors (Lipinski definition) is 2. The van der Waals surface area contributed by atoms with E-state index in [4.69, 9.17) is 0 Å². The maximum Gasteiger partial charge on any atom is 0.251 e. The van der Waals surface area contributed by atoms with Crippen molar-refractivity contribution in [1.29, 1.82) is 0 Å². The van der Waals surface area contributed by atoms with Gasteiger partial charge in [-0.3, -0.25) is 4.79 Å². The topological polar surface area (TPSA) is 67.2 Å². The van der Waals surface area contributed by atoms with E-state index in [1.807, 2.05) is 60.1 Å². The molecule has 2 N–H and O–H groups in total. The third kappa shape index (κ3) is 4.03. The van der Waals surface area contributed by atoms with Crippen LogP contribution in [0.5, 0.6) is 0 Å². The average Bonchev–Trinajstić information content (AvgIpc) is 3.46. The van der Waals surface area contributed by atoms with E-state index >= 15 is 0 Å². The second-order valence-corrected chi connectivity index (χ2v) is 7.14. The number of nitrogens with zero attached hydrogens (tertiary/aromatic N) is 2. The quantitative estimate of drug-likeness (QED) is 0.522. The smallest absolute Gasteiger partial charge is 0.251 e. The molecular weight excluding hydrogens is 370 g/mol. The molecule has 1 unspecified atom stereocenters. The number of rotatable bonds is 6. The van der Waals surface area contributed by atoms with E-state index in [-0.39, 0.29) is 12.5 Å². The molecule has 4 rings (SSSR count). The Labute approximate surface area is 166 Å². The summed E-state index contributed by atoms with van der Waals surface area (Å²) in [6.07, 6.45) is 2.79. The molecule has 0 aliphatic heterocycles. The van der Waals surface area contributed by atoms with Gasteiger partial charge in [-0.25, -0.2) is 4.68 Å². The van der Waals surface area contributed by atoms with Crippen LogP contribution in [0.25, 0.3) is 16.8 Å². The van der Waals surface area contributed by atoms with Crippen molar-refractivity contribution in [3.8, 4) is 16.8 Å². The summed E-state index contributed by atoms with van der Waals surface area (Å²) in [4.78, 5) is 12.4. The maximum absolute atomic E-state index is 12.4. The molecule has 0 spiro atoms. The fourth-order valence-electron chi connectivity index (χ4n) is 2.92. The van der Waals surface area contributed by atoms with Crippen molar-refractivity contribution < 1.29 is 9.90 Å². The number of aliphatic hydroxyl groups excluding tert-OH is 1. The van der Waals surface area contributed by atoms with Crippen molar-refractivity contribution in [3.63, 3.8) is 0 Å². The van der Waals surface area contributed by atoms with E-state index in [2.05, 4.69) is 15.8 Å². The van der Waals surface area contributed by atoms with Crippen LogP contribution >= 0.6 is 11.3 Å². The third-order valence-electron chi connectivity index (χ3n) is 4.50. The molecule has 6 heteroatoms. The maximum atomic E-state index is 12.4. The summed E-state index contributed by atoms with van der Waals surface area (Å²) in [6.45, 7) is 0.145. The lowest BCUT2D eigenvalue weighted by Gasteiger charge is -2.13. The van der Waals surface area contributed by atoms with Gasteiger partial charge < -0.3 is 10.4 Å². The Morgan fingerprint density at radius 2 is 1.86 bits per heavy atom. The van der Waals surface area contributed by atoms with Crippen LogP contribution in [0, 0.1) is 0 Å². The van der Waals surface area contributed by atoms with Gasteiger partial charge in [-0.15, -0.1) is 0 Å². The van der Waals surface area contributed by atoms with Crippen molar-refractivity contribution in [2.24, 2.45) is 0 Å². The first-order chi connectivity index (χ1) is 13.7. The fourth-order valence-corrected chi connectivity index (χ4v) is 3.59. The lowest BCUT2D eigenvalue weighted by atomic mass is 10.1. The summed E-state index contributed by atoms with van der Waals surface area (Å²) in [7, 11) is 0. The Balaban J connectivity index is 1.35. The van der Waals surface area contributed by atoms with Crippen LogP contribution in [0.4, 0.5) is 0 Å². The highest BCUT2D eigenvalue weighted by Gasteiger charge is 2.11. The van der Waals surface area contributed by atoms with Crippen molar-refractivity contribution in [3.05, 3.63) is 94.9 Å². The summed E-state index contributed by atoms with van der Waals surface area (Å²) >= 11 is 1.64. The van der Waals surface area contributed by atoms with Gasteiger partial charge in [-0.1, -0.05) is 24.3 Å². The Bertz CT molecular complexity index is 1020. The number of carbonyl (C=O) groups excluding carboxylic acids is 1. The molecule has 2 aromatic carbocycles. The molecule has 1 atom stereocenters. The molecule has 0 radical (unpaired) electrons. The van der Waals surface area contributed by atoms with Crippen LogP contribution in [0.3, 0.4) is 0 Å². The molecule has 0 aliphatic carbocycles. The van der Waals surface area contributed by atoms with E-state index in [0.29, 0.717) is 5.56 Å². The zero-order chi connectivity index (χ0) is 19.3. The second-order valence-electron chi connectivity index (χ2n) is 6.36. The minimum Gasteiger partial charge on any atom is -0.387 e. The van der Waals surface area contributed by atoms with E-state index in [9.17, 15) is 9.90 Å². The normalized spacial score (nSPS) is 11.9. The molecule has 0 saturated heterocycles. The van der Waals surface area contributed by atoms with E-state index < -0.39 is 6.10 Å². The zero-order valence-electron chi connectivity index (χ0n) is 15.0. The number of amides is 1. The molecule has 5 nitrogen and oxygen atoms in total. The minimum absolute atomic E-state index is 0.145. The number of aromatic nitrogens is 2. The Morgan fingerprint density at radius 3 is 2.50 bits per heavy atom. The van der Waals surface area contributed by atoms with Crippen LogP contribution in [-0.2, 0) is 0 Å². The van der Waals surface area contributed by atoms with Gasteiger partial charge >= 0.3 is 0 Å². The molecule has 0 fully saturated rings.